The molecule has 0 saturated carbocycles. The van der Waals surface area contributed by atoms with Crippen molar-refractivity contribution in [3.05, 3.63) is 23.9 Å². The Kier molecular flexibility index (Phi) is 3.86. The summed E-state index contributed by atoms with van der Waals surface area (Å²) in [5.41, 5.74) is 1.63. The Labute approximate surface area is 127 Å². The standard InChI is InChI=1S/C15H17N5O2/c1-3-22-10-4-5-11-9(2)17-15(18-12(11)8-10)20-14-16-7-6-13(21)19-14/h4-5,8H,3,6-7H2,1-2H3,(H2,16,17,18,19,20,21). The molecule has 1 aromatic carbocycles. The van der Waals surface area contributed by atoms with Crippen LogP contribution in [0, 0.1) is 6.92 Å². The summed E-state index contributed by atoms with van der Waals surface area (Å²) in [6.07, 6.45) is 0.403. The molecule has 0 unspecified atom stereocenters. The molecule has 2 aromatic rings. The Balaban J connectivity index is 1.93. The van der Waals surface area contributed by atoms with E-state index in [1.165, 1.54) is 0 Å². The number of aliphatic imine (C=N–C) groups is 1. The Bertz CT molecular complexity index is 757. The van der Waals surface area contributed by atoms with Crippen molar-refractivity contribution in [2.45, 2.75) is 20.3 Å². The third kappa shape index (κ3) is 2.98. The van der Waals surface area contributed by atoms with Crippen molar-refractivity contribution in [2.24, 2.45) is 4.99 Å². The van der Waals surface area contributed by atoms with Gasteiger partial charge in [0.25, 0.3) is 0 Å². The maximum absolute atomic E-state index is 11.4. The van der Waals surface area contributed by atoms with Gasteiger partial charge >= 0.3 is 0 Å². The fourth-order valence-corrected chi connectivity index (χ4v) is 2.26. The monoisotopic (exact) mass is 299 g/mol. The van der Waals surface area contributed by atoms with Crippen molar-refractivity contribution in [1.82, 2.24) is 15.3 Å². The topological polar surface area (TPSA) is 88.5 Å². The van der Waals surface area contributed by atoms with Crippen molar-refractivity contribution >= 4 is 28.7 Å². The zero-order valence-corrected chi connectivity index (χ0v) is 12.5. The first kappa shape index (κ1) is 14.2. The van der Waals surface area contributed by atoms with E-state index in [1.807, 2.05) is 32.0 Å². The number of fused-ring (bicyclic) bond motifs is 1. The summed E-state index contributed by atoms with van der Waals surface area (Å²) >= 11 is 0. The summed E-state index contributed by atoms with van der Waals surface area (Å²) in [6, 6.07) is 5.72. The van der Waals surface area contributed by atoms with E-state index in [2.05, 4.69) is 25.6 Å². The lowest BCUT2D eigenvalue weighted by Gasteiger charge is -2.14. The average Bonchev–Trinajstić information content (AvgIpc) is 2.47. The molecule has 0 radical (unpaired) electrons. The predicted molar refractivity (Wildman–Crippen MR) is 84.1 cm³/mol. The minimum absolute atomic E-state index is 0.0614. The maximum atomic E-state index is 11.4. The summed E-state index contributed by atoms with van der Waals surface area (Å²) in [7, 11) is 0. The molecular weight excluding hydrogens is 282 g/mol. The van der Waals surface area contributed by atoms with Crippen molar-refractivity contribution in [2.75, 3.05) is 18.5 Å². The zero-order chi connectivity index (χ0) is 15.5. The lowest BCUT2D eigenvalue weighted by Crippen LogP contribution is -2.40. The highest BCUT2D eigenvalue weighted by Crippen LogP contribution is 2.22. The quantitative estimate of drug-likeness (QED) is 0.899. The van der Waals surface area contributed by atoms with Crippen molar-refractivity contribution < 1.29 is 9.53 Å². The molecule has 7 heteroatoms. The van der Waals surface area contributed by atoms with Crippen LogP contribution in [0.4, 0.5) is 5.95 Å². The van der Waals surface area contributed by atoms with Gasteiger partial charge in [0.1, 0.15) is 5.75 Å². The van der Waals surface area contributed by atoms with Crippen LogP contribution in [0.5, 0.6) is 5.75 Å². The maximum Gasteiger partial charge on any atom is 0.230 e. The summed E-state index contributed by atoms with van der Waals surface area (Å²) in [5.74, 6) is 1.49. The average molecular weight is 299 g/mol. The Morgan fingerprint density at radius 1 is 1.36 bits per heavy atom. The molecule has 2 heterocycles. The number of hydrogen-bond donors (Lipinski definition) is 2. The number of aryl methyl sites for hydroxylation is 1. The molecular formula is C15H17N5O2. The third-order valence-corrected chi connectivity index (χ3v) is 3.27. The number of carbonyl (C=O) groups excluding carboxylic acids is 1. The van der Waals surface area contributed by atoms with Crippen LogP contribution in [-0.2, 0) is 4.79 Å². The molecule has 3 rings (SSSR count). The largest absolute Gasteiger partial charge is 0.494 e. The first-order chi connectivity index (χ1) is 10.7. The van der Waals surface area contributed by atoms with Crippen LogP contribution < -0.4 is 15.4 Å². The number of aromatic nitrogens is 2. The number of benzene rings is 1. The number of nitrogens with zero attached hydrogens (tertiary/aromatic N) is 3. The summed E-state index contributed by atoms with van der Waals surface area (Å²) in [4.78, 5) is 24.4. The lowest BCUT2D eigenvalue weighted by molar-refractivity contribution is -0.119. The Morgan fingerprint density at radius 3 is 3.00 bits per heavy atom. The van der Waals surface area contributed by atoms with Gasteiger partial charge in [-0.15, -0.1) is 0 Å². The molecule has 0 bridgehead atoms. The van der Waals surface area contributed by atoms with Gasteiger partial charge in [0.15, 0.2) is 0 Å². The molecule has 0 saturated heterocycles. The van der Waals surface area contributed by atoms with Gasteiger partial charge in [0, 0.05) is 17.9 Å². The van der Waals surface area contributed by atoms with Crippen LogP contribution in [0.3, 0.4) is 0 Å². The van der Waals surface area contributed by atoms with Gasteiger partial charge in [-0.25, -0.2) is 9.97 Å². The number of carbonyl (C=O) groups is 1. The Morgan fingerprint density at radius 2 is 2.23 bits per heavy atom. The number of ether oxygens (including phenoxy) is 1. The van der Waals surface area contributed by atoms with Crippen LogP contribution in [0.25, 0.3) is 10.9 Å². The van der Waals surface area contributed by atoms with Gasteiger partial charge in [0.05, 0.1) is 24.4 Å². The van der Waals surface area contributed by atoms with E-state index in [9.17, 15) is 4.79 Å². The van der Waals surface area contributed by atoms with Crippen LogP contribution in [0.2, 0.25) is 0 Å². The lowest BCUT2D eigenvalue weighted by atomic mass is 10.2. The third-order valence-electron chi connectivity index (χ3n) is 3.27. The number of anilines is 1. The Hall–Kier alpha value is -2.70. The summed E-state index contributed by atoms with van der Waals surface area (Å²) in [6.45, 7) is 4.92. The second kappa shape index (κ2) is 5.97. The van der Waals surface area contributed by atoms with E-state index >= 15 is 0 Å². The van der Waals surface area contributed by atoms with Gasteiger partial charge < -0.3 is 4.74 Å². The highest BCUT2D eigenvalue weighted by molar-refractivity contribution is 6.05. The minimum atomic E-state index is -0.0614. The molecule has 1 aromatic heterocycles. The van der Waals surface area contributed by atoms with Gasteiger partial charge in [-0.05, 0) is 26.0 Å². The number of rotatable bonds is 3. The summed E-state index contributed by atoms with van der Waals surface area (Å²) in [5, 5.41) is 6.57. The molecule has 0 atom stereocenters. The van der Waals surface area contributed by atoms with Gasteiger partial charge in [0.2, 0.25) is 17.8 Å². The highest BCUT2D eigenvalue weighted by Gasteiger charge is 2.13. The smallest absolute Gasteiger partial charge is 0.230 e. The van der Waals surface area contributed by atoms with Crippen molar-refractivity contribution in [1.29, 1.82) is 0 Å². The van der Waals surface area contributed by atoms with E-state index in [-0.39, 0.29) is 5.91 Å². The highest BCUT2D eigenvalue weighted by atomic mass is 16.5. The zero-order valence-electron chi connectivity index (χ0n) is 12.5. The normalized spacial score (nSPS) is 14.5. The fraction of sp³-hybridized carbons (Fsp3) is 0.333. The molecule has 114 valence electrons. The van der Waals surface area contributed by atoms with Crippen LogP contribution in [0.15, 0.2) is 23.2 Å². The number of nitrogens with one attached hydrogen (secondary N) is 2. The fourth-order valence-electron chi connectivity index (χ4n) is 2.26. The SMILES string of the molecule is CCOc1ccc2c(C)nc(NC3=NCCC(=O)N3)nc2c1. The molecule has 0 fully saturated rings. The molecule has 1 amide bonds. The minimum Gasteiger partial charge on any atom is -0.494 e. The van der Waals surface area contributed by atoms with E-state index in [0.717, 1.165) is 22.3 Å². The van der Waals surface area contributed by atoms with Crippen molar-refractivity contribution in [3.63, 3.8) is 0 Å². The van der Waals surface area contributed by atoms with Gasteiger partial charge in [-0.3, -0.25) is 20.4 Å². The number of hydrogen-bond acceptors (Lipinski definition) is 6. The van der Waals surface area contributed by atoms with E-state index < -0.39 is 0 Å². The summed E-state index contributed by atoms with van der Waals surface area (Å²) < 4.78 is 5.50. The predicted octanol–water partition coefficient (Wildman–Crippen LogP) is 1.62. The number of amides is 1. The van der Waals surface area contributed by atoms with Crippen molar-refractivity contribution in [3.8, 4) is 5.75 Å². The van der Waals surface area contributed by atoms with E-state index in [0.29, 0.717) is 31.5 Å². The number of guanidine groups is 1. The second-order valence-electron chi connectivity index (χ2n) is 4.90. The molecule has 7 nitrogen and oxygen atoms in total. The van der Waals surface area contributed by atoms with Crippen LogP contribution in [0.1, 0.15) is 19.0 Å². The molecule has 0 spiro atoms. The van der Waals surface area contributed by atoms with Crippen LogP contribution >= 0.6 is 0 Å². The molecule has 1 aliphatic rings. The molecule has 1 aliphatic heterocycles. The first-order valence-electron chi connectivity index (χ1n) is 7.18. The first-order valence-corrected chi connectivity index (χ1v) is 7.18. The van der Waals surface area contributed by atoms with Gasteiger partial charge in [-0.1, -0.05) is 0 Å². The molecule has 2 N–H and O–H groups in total. The van der Waals surface area contributed by atoms with E-state index in [4.69, 9.17) is 4.74 Å². The van der Waals surface area contributed by atoms with E-state index in [1.54, 1.807) is 0 Å². The van der Waals surface area contributed by atoms with Gasteiger partial charge in [-0.2, -0.15) is 0 Å². The van der Waals surface area contributed by atoms with Crippen LogP contribution in [-0.4, -0.2) is 35.0 Å². The molecule has 0 aliphatic carbocycles. The second-order valence-corrected chi connectivity index (χ2v) is 4.90. The molecule has 22 heavy (non-hydrogen) atoms.